The Morgan fingerprint density at radius 1 is 1.21 bits per heavy atom. The molecule has 2 aromatic rings. The van der Waals surface area contributed by atoms with E-state index in [4.69, 9.17) is 5.73 Å². The molecule has 0 spiro atoms. The van der Waals surface area contributed by atoms with E-state index in [0.717, 1.165) is 10.9 Å². The fourth-order valence-corrected chi connectivity index (χ4v) is 2.99. The van der Waals surface area contributed by atoms with Gasteiger partial charge in [-0.15, -0.1) is 0 Å². The summed E-state index contributed by atoms with van der Waals surface area (Å²) in [6.07, 6.45) is 1.91. The molecule has 2 rings (SSSR count). The largest absolute Gasteiger partial charge is 0.399 e. The van der Waals surface area contributed by atoms with Crippen molar-refractivity contribution in [3.63, 3.8) is 0 Å². The number of fused-ring (bicyclic) bond motifs is 1. The lowest BCUT2D eigenvalue weighted by Gasteiger charge is -2.19. The lowest BCUT2D eigenvalue weighted by Crippen LogP contribution is -2.31. The monoisotopic (exact) mass is 280 g/mol. The maximum atomic E-state index is 12.1. The van der Waals surface area contributed by atoms with Gasteiger partial charge in [-0.2, -0.15) is 0 Å². The summed E-state index contributed by atoms with van der Waals surface area (Å²) in [7, 11) is -3.10. The highest BCUT2D eigenvalue weighted by Gasteiger charge is 2.28. The summed E-state index contributed by atoms with van der Waals surface area (Å²) >= 11 is 0. The van der Waals surface area contributed by atoms with Crippen LogP contribution >= 0.6 is 0 Å². The quantitative estimate of drug-likeness (QED) is 0.878. The maximum Gasteiger partial charge on any atom is 0.156 e. The molecule has 5 heteroatoms. The lowest BCUT2D eigenvalue weighted by molar-refractivity contribution is 0.555. The van der Waals surface area contributed by atoms with Gasteiger partial charge < -0.3 is 10.3 Å². The zero-order chi connectivity index (χ0) is 14.3. The van der Waals surface area contributed by atoms with Crippen LogP contribution in [-0.4, -0.2) is 23.5 Å². The molecule has 2 N–H and O–H groups in total. The predicted octanol–water partition coefficient (Wildman–Crippen LogP) is 2.44. The summed E-state index contributed by atoms with van der Waals surface area (Å²) < 4.78 is 25.5. The minimum atomic E-state index is -3.10. The van der Waals surface area contributed by atoms with Crippen molar-refractivity contribution >= 4 is 26.4 Å². The molecule has 0 aliphatic heterocycles. The van der Waals surface area contributed by atoms with Gasteiger partial charge >= 0.3 is 0 Å². The van der Waals surface area contributed by atoms with Crippen molar-refractivity contribution in [3.05, 3.63) is 30.5 Å². The maximum absolute atomic E-state index is 12.1. The lowest BCUT2D eigenvalue weighted by atomic mass is 10.2. The van der Waals surface area contributed by atoms with E-state index in [9.17, 15) is 8.42 Å². The van der Waals surface area contributed by atoms with Crippen LogP contribution in [0.3, 0.4) is 0 Å². The normalized spacial score (nSPS) is 13.0. The first-order chi connectivity index (χ1) is 8.71. The molecule has 0 fully saturated rings. The van der Waals surface area contributed by atoms with E-state index in [1.165, 1.54) is 0 Å². The average Bonchev–Trinajstić information content (AvgIpc) is 2.67. The standard InChI is InChI=1S/C14H20N2O2S/c1-14(2,3)19(17,18)9-8-16-7-6-11-10-12(15)4-5-13(11)16/h4-7,10H,8-9,15H2,1-3H3. The Morgan fingerprint density at radius 2 is 1.89 bits per heavy atom. The summed E-state index contributed by atoms with van der Waals surface area (Å²) in [6.45, 7) is 5.66. The van der Waals surface area contributed by atoms with Crippen molar-refractivity contribution in [1.29, 1.82) is 0 Å². The van der Waals surface area contributed by atoms with E-state index in [-0.39, 0.29) is 5.75 Å². The highest BCUT2D eigenvalue weighted by atomic mass is 32.2. The molecule has 104 valence electrons. The van der Waals surface area contributed by atoms with Gasteiger partial charge in [-0.25, -0.2) is 8.42 Å². The molecule has 0 saturated heterocycles. The number of rotatable bonds is 3. The van der Waals surface area contributed by atoms with Crippen molar-refractivity contribution in [2.75, 3.05) is 11.5 Å². The van der Waals surface area contributed by atoms with Crippen LogP contribution in [0, 0.1) is 0 Å². The van der Waals surface area contributed by atoms with Gasteiger partial charge in [-0.05, 0) is 45.0 Å². The molecule has 0 atom stereocenters. The van der Waals surface area contributed by atoms with Gasteiger partial charge in [0.2, 0.25) is 0 Å². The van der Waals surface area contributed by atoms with Crippen LogP contribution in [-0.2, 0) is 16.4 Å². The van der Waals surface area contributed by atoms with E-state index in [0.29, 0.717) is 12.2 Å². The number of nitrogens with zero attached hydrogens (tertiary/aromatic N) is 1. The fraction of sp³-hybridized carbons (Fsp3) is 0.429. The molecule has 0 aliphatic rings. The van der Waals surface area contributed by atoms with Crippen molar-refractivity contribution in [1.82, 2.24) is 4.57 Å². The van der Waals surface area contributed by atoms with Crippen LogP contribution in [0.2, 0.25) is 0 Å². The second kappa shape index (κ2) is 4.56. The molecule has 1 aromatic carbocycles. The summed E-state index contributed by atoms with van der Waals surface area (Å²) in [4.78, 5) is 0. The highest BCUT2D eigenvalue weighted by molar-refractivity contribution is 7.92. The molecule has 0 aliphatic carbocycles. The van der Waals surface area contributed by atoms with E-state index in [1.807, 2.05) is 35.0 Å². The zero-order valence-electron chi connectivity index (χ0n) is 11.6. The highest BCUT2D eigenvalue weighted by Crippen LogP contribution is 2.20. The molecule has 0 unspecified atom stereocenters. The van der Waals surface area contributed by atoms with E-state index in [2.05, 4.69) is 0 Å². The Hall–Kier alpha value is -1.49. The summed E-state index contributed by atoms with van der Waals surface area (Å²) in [5.74, 6) is 0.144. The Morgan fingerprint density at radius 3 is 2.53 bits per heavy atom. The third-order valence-corrected chi connectivity index (χ3v) is 5.92. The van der Waals surface area contributed by atoms with Gasteiger partial charge in [0.05, 0.1) is 10.5 Å². The van der Waals surface area contributed by atoms with Crippen LogP contribution in [0.15, 0.2) is 30.5 Å². The number of hydrogen-bond acceptors (Lipinski definition) is 3. The molecule has 0 amide bonds. The Kier molecular flexibility index (Phi) is 3.34. The number of sulfone groups is 1. The summed E-state index contributed by atoms with van der Waals surface area (Å²) in [5.41, 5.74) is 7.46. The van der Waals surface area contributed by atoms with E-state index < -0.39 is 14.6 Å². The second-order valence-electron chi connectivity index (χ2n) is 5.76. The molecule has 1 aromatic heterocycles. The van der Waals surface area contributed by atoms with Crippen LogP contribution in [0.1, 0.15) is 20.8 Å². The van der Waals surface area contributed by atoms with Gasteiger partial charge in [0.1, 0.15) is 0 Å². The third kappa shape index (κ3) is 2.76. The first-order valence-electron chi connectivity index (χ1n) is 6.27. The summed E-state index contributed by atoms with van der Waals surface area (Å²) in [5, 5.41) is 1.04. The van der Waals surface area contributed by atoms with Gasteiger partial charge in [-0.3, -0.25) is 0 Å². The minimum Gasteiger partial charge on any atom is -0.399 e. The van der Waals surface area contributed by atoms with Crippen molar-refractivity contribution in [2.24, 2.45) is 0 Å². The van der Waals surface area contributed by atoms with E-state index >= 15 is 0 Å². The van der Waals surface area contributed by atoms with Crippen LogP contribution in [0.25, 0.3) is 10.9 Å². The number of aromatic nitrogens is 1. The molecule has 0 saturated carbocycles. The predicted molar refractivity (Wildman–Crippen MR) is 79.9 cm³/mol. The molecule has 4 nitrogen and oxygen atoms in total. The molecule has 1 heterocycles. The molecule has 0 bridgehead atoms. The Labute approximate surface area is 114 Å². The topological polar surface area (TPSA) is 65.1 Å². The van der Waals surface area contributed by atoms with Gasteiger partial charge in [0.25, 0.3) is 0 Å². The number of hydrogen-bond donors (Lipinski definition) is 1. The smallest absolute Gasteiger partial charge is 0.156 e. The third-order valence-electron chi connectivity index (χ3n) is 3.33. The van der Waals surface area contributed by atoms with Gasteiger partial charge in [-0.1, -0.05) is 0 Å². The summed E-state index contributed by atoms with van der Waals surface area (Å²) in [6, 6.07) is 7.60. The number of aryl methyl sites for hydroxylation is 1. The molecule has 19 heavy (non-hydrogen) atoms. The van der Waals surface area contributed by atoms with E-state index in [1.54, 1.807) is 20.8 Å². The first-order valence-corrected chi connectivity index (χ1v) is 7.93. The van der Waals surface area contributed by atoms with Crippen LogP contribution in [0.5, 0.6) is 0 Å². The second-order valence-corrected chi connectivity index (χ2v) is 8.62. The van der Waals surface area contributed by atoms with Crippen molar-refractivity contribution in [2.45, 2.75) is 32.1 Å². The number of nitrogens with two attached hydrogens (primary N) is 1. The first kappa shape index (κ1) is 13.9. The number of nitrogen functional groups attached to an aromatic ring is 1. The Balaban J connectivity index is 2.24. The SMILES string of the molecule is CC(C)(C)S(=O)(=O)CCn1ccc2cc(N)ccc21. The Bertz CT molecular complexity index is 694. The number of anilines is 1. The number of benzene rings is 1. The van der Waals surface area contributed by atoms with Gasteiger partial charge in [0, 0.05) is 29.3 Å². The van der Waals surface area contributed by atoms with Crippen LogP contribution < -0.4 is 5.73 Å². The fourth-order valence-electron chi connectivity index (χ4n) is 1.94. The molecular formula is C14H20N2O2S. The minimum absolute atomic E-state index is 0.144. The molecule has 0 radical (unpaired) electrons. The van der Waals surface area contributed by atoms with Crippen molar-refractivity contribution < 1.29 is 8.42 Å². The zero-order valence-corrected chi connectivity index (χ0v) is 12.4. The van der Waals surface area contributed by atoms with Crippen LogP contribution in [0.4, 0.5) is 5.69 Å². The molecular weight excluding hydrogens is 260 g/mol. The van der Waals surface area contributed by atoms with Crippen molar-refractivity contribution in [3.8, 4) is 0 Å². The van der Waals surface area contributed by atoms with Gasteiger partial charge in [0.15, 0.2) is 9.84 Å². The average molecular weight is 280 g/mol.